The Morgan fingerprint density at radius 3 is 2.47 bits per heavy atom. The summed E-state index contributed by atoms with van der Waals surface area (Å²) in [5.74, 6) is -0.0665. The molecule has 3 aromatic rings. The van der Waals surface area contributed by atoms with Gasteiger partial charge in [-0.1, -0.05) is 54.6 Å². The highest BCUT2D eigenvalue weighted by Crippen LogP contribution is 2.29. The summed E-state index contributed by atoms with van der Waals surface area (Å²) >= 11 is 0. The molecule has 2 aromatic carbocycles. The second kappa shape index (κ2) is 10.8. The standard InChI is InChI=1S/C26H27F3N4O/c27-26(28,29)22-10-4-8-20(12-22)15-31-23-13-24(25(34)32-16-21-9-5-11-30-14-21)33(18-23)17-19-6-2-1-3-7-19/h1-12,14,23-24,31H,13,15-18H2,(H,32,34)/t23-,24-/m0/s1. The van der Waals surface area contributed by atoms with Gasteiger partial charge in [-0.05, 0) is 35.2 Å². The molecule has 5 nitrogen and oxygen atoms in total. The van der Waals surface area contributed by atoms with Crippen LogP contribution in [0.3, 0.4) is 0 Å². The molecule has 1 fully saturated rings. The summed E-state index contributed by atoms with van der Waals surface area (Å²) in [6, 6.07) is 18.6. The van der Waals surface area contributed by atoms with Crippen LogP contribution in [0.1, 0.15) is 28.7 Å². The van der Waals surface area contributed by atoms with Crippen LogP contribution in [0, 0.1) is 0 Å². The number of nitrogens with zero attached hydrogens (tertiary/aromatic N) is 2. The van der Waals surface area contributed by atoms with Gasteiger partial charge < -0.3 is 10.6 Å². The molecule has 2 atom stereocenters. The van der Waals surface area contributed by atoms with E-state index in [1.165, 1.54) is 12.1 Å². The number of aromatic nitrogens is 1. The summed E-state index contributed by atoms with van der Waals surface area (Å²) in [7, 11) is 0. The minimum Gasteiger partial charge on any atom is -0.351 e. The quantitative estimate of drug-likeness (QED) is 0.522. The molecule has 2 heterocycles. The van der Waals surface area contributed by atoms with Crippen molar-refractivity contribution >= 4 is 5.91 Å². The average molecular weight is 469 g/mol. The first kappa shape index (κ1) is 23.9. The number of pyridine rings is 1. The van der Waals surface area contributed by atoms with Crippen molar-refractivity contribution in [2.75, 3.05) is 6.54 Å². The first-order chi connectivity index (χ1) is 16.4. The second-order valence-electron chi connectivity index (χ2n) is 8.52. The van der Waals surface area contributed by atoms with Crippen LogP contribution in [0.25, 0.3) is 0 Å². The van der Waals surface area contributed by atoms with E-state index in [1.807, 2.05) is 42.5 Å². The summed E-state index contributed by atoms with van der Waals surface area (Å²) in [6.45, 7) is 1.94. The Bertz CT molecular complexity index is 1080. The fraction of sp³-hybridized carbons (Fsp3) is 0.308. The molecular formula is C26H27F3N4O. The maximum absolute atomic E-state index is 13.1. The molecule has 2 N–H and O–H groups in total. The Kier molecular flexibility index (Phi) is 7.59. The molecular weight excluding hydrogens is 441 g/mol. The van der Waals surface area contributed by atoms with Crippen molar-refractivity contribution in [3.8, 4) is 0 Å². The molecule has 1 saturated heterocycles. The van der Waals surface area contributed by atoms with Crippen LogP contribution in [0.2, 0.25) is 0 Å². The van der Waals surface area contributed by atoms with Gasteiger partial charge in [0.15, 0.2) is 0 Å². The minimum atomic E-state index is -4.37. The van der Waals surface area contributed by atoms with E-state index in [1.54, 1.807) is 18.5 Å². The lowest BCUT2D eigenvalue weighted by Gasteiger charge is -2.23. The lowest BCUT2D eigenvalue weighted by molar-refractivity contribution is -0.137. The molecule has 0 spiro atoms. The summed E-state index contributed by atoms with van der Waals surface area (Å²) in [6.07, 6.45) is -0.390. The van der Waals surface area contributed by atoms with Gasteiger partial charge in [0.1, 0.15) is 0 Å². The molecule has 178 valence electrons. The number of halogens is 3. The first-order valence-corrected chi connectivity index (χ1v) is 11.2. The number of likely N-dealkylation sites (tertiary alicyclic amines) is 1. The van der Waals surface area contributed by atoms with Gasteiger partial charge >= 0.3 is 6.18 Å². The van der Waals surface area contributed by atoms with Gasteiger partial charge in [0.25, 0.3) is 0 Å². The van der Waals surface area contributed by atoms with E-state index in [9.17, 15) is 18.0 Å². The lowest BCUT2D eigenvalue weighted by atomic mass is 10.1. The highest BCUT2D eigenvalue weighted by molar-refractivity contribution is 5.82. The Morgan fingerprint density at radius 2 is 1.74 bits per heavy atom. The predicted molar refractivity (Wildman–Crippen MR) is 123 cm³/mol. The smallest absolute Gasteiger partial charge is 0.351 e. The number of carbonyl (C=O) groups excluding carboxylic acids is 1. The lowest BCUT2D eigenvalue weighted by Crippen LogP contribution is -2.42. The summed E-state index contributed by atoms with van der Waals surface area (Å²) in [4.78, 5) is 19.3. The van der Waals surface area contributed by atoms with Gasteiger partial charge in [0.2, 0.25) is 5.91 Å². The van der Waals surface area contributed by atoms with E-state index in [0.29, 0.717) is 38.2 Å². The van der Waals surface area contributed by atoms with Gasteiger partial charge in [-0.2, -0.15) is 13.2 Å². The molecule has 8 heteroatoms. The van der Waals surface area contributed by atoms with Crippen molar-refractivity contribution in [1.82, 2.24) is 20.5 Å². The summed E-state index contributed by atoms with van der Waals surface area (Å²) < 4.78 is 39.1. The van der Waals surface area contributed by atoms with Gasteiger partial charge in [0, 0.05) is 44.6 Å². The third-order valence-electron chi connectivity index (χ3n) is 5.97. The fourth-order valence-corrected chi connectivity index (χ4v) is 4.25. The largest absolute Gasteiger partial charge is 0.416 e. The van der Waals surface area contributed by atoms with Gasteiger partial charge in [0.05, 0.1) is 11.6 Å². The molecule has 0 radical (unpaired) electrons. The van der Waals surface area contributed by atoms with Gasteiger partial charge in [-0.25, -0.2) is 0 Å². The number of rotatable bonds is 8. The average Bonchev–Trinajstić information content (AvgIpc) is 3.25. The Labute approximate surface area is 197 Å². The fourth-order valence-electron chi connectivity index (χ4n) is 4.25. The zero-order chi connectivity index (χ0) is 24.0. The molecule has 1 aliphatic rings. The molecule has 34 heavy (non-hydrogen) atoms. The SMILES string of the molecule is O=C(NCc1cccnc1)[C@@H]1C[C@H](NCc2cccc(C(F)(F)F)c2)CN1Cc1ccccc1. The van der Waals surface area contributed by atoms with Gasteiger partial charge in [-0.15, -0.1) is 0 Å². The highest BCUT2D eigenvalue weighted by atomic mass is 19.4. The van der Waals surface area contributed by atoms with Crippen LogP contribution in [0.4, 0.5) is 13.2 Å². The first-order valence-electron chi connectivity index (χ1n) is 11.2. The minimum absolute atomic E-state index is 0.0209. The number of amides is 1. The van der Waals surface area contributed by atoms with Crippen molar-refractivity contribution in [2.24, 2.45) is 0 Å². The monoisotopic (exact) mass is 468 g/mol. The van der Waals surface area contributed by atoms with E-state index in [2.05, 4.69) is 20.5 Å². The van der Waals surface area contributed by atoms with E-state index in [4.69, 9.17) is 0 Å². The van der Waals surface area contributed by atoms with Crippen LogP contribution >= 0.6 is 0 Å². The maximum atomic E-state index is 13.1. The van der Waals surface area contributed by atoms with Crippen LogP contribution in [0.15, 0.2) is 79.1 Å². The van der Waals surface area contributed by atoms with E-state index in [-0.39, 0.29) is 18.0 Å². The number of hydrogen-bond acceptors (Lipinski definition) is 4. The number of nitrogens with one attached hydrogen (secondary N) is 2. The Balaban J connectivity index is 1.41. The molecule has 1 aliphatic heterocycles. The number of benzene rings is 2. The predicted octanol–water partition coefficient (Wildman–Crippen LogP) is 4.15. The third-order valence-corrected chi connectivity index (χ3v) is 5.97. The van der Waals surface area contributed by atoms with Crippen LogP contribution in [-0.2, 0) is 30.6 Å². The number of alkyl halides is 3. The third kappa shape index (κ3) is 6.42. The van der Waals surface area contributed by atoms with E-state index in [0.717, 1.165) is 17.2 Å². The summed E-state index contributed by atoms with van der Waals surface area (Å²) in [5, 5.41) is 6.35. The normalized spacial score (nSPS) is 18.7. The molecule has 1 aromatic heterocycles. The molecule has 4 rings (SSSR count). The zero-order valence-electron chi connectivity index (χ0n) is 18.6. The molecule has 0 saturated carbocycles. The topological polar surface area (TPSA) is 57.3 Å². The van der Waals surface area contributed by atoms with Crippen molar-refractivity contribution in [3.63, 3.8) is 0 Å². The second-order valence-corrected chi connectivity index (χ2v) is 8.52. The van der Waals surface area contributed by atoms with E-state index < -0.39 is 11.7 Å². The molecule has 0 bridgehead atoms. The Hall–Kier alpha value is -3.23. The van der Waals surface area contributed by atoms with Crippen molar-refractivity contribution in [3.05, 3.63) is 101 Å². The van der Waals surface area contributed by atoms with Crippen LogP contribution < -0.4 is 10.6 Å². The zero-order valence-corrected chi connectivity index (χ0v) is 18.6. The van der Waals surface area contributed by atoms with Crippen LogP contribution in [-0.4, -0.2) is 34.4 Å². The molecule has 1 amide bonds. The van der Waals surface area contributed by atoms with Crippen molar-refractivity contribution in [2.45, 2.75) is 44.3 Å². The van der Waals surface area contributed by atoms with Crippen molar-refractivity contribution in [1.29, 1.82) is 0 Å². The number of hydrogen-bond donors (Lipinski definition) is 2. The highest BCUT2D eigenvalue weighted by Gasteiger charge is 2.36. The maximum Gasteiger partial charge on any atom is 0.416 e. The van der Waals surface area contributed by atoms with E-state index >= 15 is 0 Å². The van der Waals surface area contributed by atoms with Crippen molar-refractivity contribution < 1.29 is 18.0 Å². The molecule has 0 aliphatic carbocycles. The number of carbonyl (C=O) groups is 1. The van der Waals surface area contributed by atoms with Gasteiger partial charge in [-0.3, -0.25) is 14.7 Å². The Morgan fingerprint density at radius 1 is 0.971 bits per heavy atom. The van der Waals surface area contributed by atoms with Crippen LogP contribution in [0.5, 0.6) is 0 Å². The summed E-state index contributed by atoms with van der Waals surface area (Å²) in [5.41, 5.74) is 1.93. The molecule has 0 unspecified atom stereocenters.